The summed E-state index contributed by atoms with van der Waals surface area (Å²) >= 11 is 0. The zero-order valence-electron chi connectivity index (χ0n) is 15.5. The third-order valence-corrected chi connectivity index (χ3v) is 4.50. The Morgan fingerprint density at radius 1 is 1.17 bits per heavy atom. The Bertz CT molecular complexity index is 1100. The molecule has 0 saturated carbocycles. The molecule has 2 aromatic carbocycles. The van der Waals surface area contributed by atoms with Crippen LogP contribution in [0.2, 0.25) is 0 Å². The van der Waals surface area contributed by atoms with E-state index >= 15 is 0 Å². The first-order chi connectivity index (χ1) is 13.6. The van der Waals surface area contributed by atoms with E-state index in [-0.39, 0.29) is 28.9 Å². The number of imidazole rings is 1. The molecular formula is C20H16F3N3O3. The lowest BCUT2D eigenvalue weighted by Crippen LogP contribution is -2.10. The molecule has 3 aromatic rings. The Balaban J connectivity index is 2.00. The van der Waals surface area contributed by atoms with Crippen molar-refractivity contribution in [2.45, 2.75) is 26.4 Å². The number of aromatic nitrogens is 2. The van der Waals surface area contributed by atoms with E-state index in [1.807, 2.05) is 0 Å². The van der Waals surface area contributed by atoms with Gasteiger partial charge in [-0.1, -0.05) is 12.1 Å². The molecule has 9 heteroatoms. The number of ketones is 1. The van der Waals surface area contributed by atoms with Crippen LogP contribution in [-0.2, 0) is 12.6 Å². The van der Waals surface area contributed by atoms with Gasteiger partial charge in [0.2, 0.25) is 0 Å². The van der Waals surface area contributed by atoms with Gasteiger partial charge in [-0.25, -0.2) is 4.98 Å². The number of carbonyl (C=O) groups is 1. The number of nitro benzene ring substituents is 1. The summed E-state index contributed by atoms with van der Waals surface area (Å²) in [6.07, 6.45) is -1.93. The Morgan fingerprint density at radius 3 is 2.48 bits per heavy atom. The first-order valence-electron chi connectivity index (χ1n) is 8.56. The van der Waals surface area contributed by atoms with Gasteiger partial charge in [0.1, 0.15) is 5.82 Å². The van der Waals surface area contributed by atoms with Crippen LogP contribution in [0, 0.1) is 24.0 Å². The monoisotopic (exact) mass is 403 g/mol. The maximum atomic E-state index is 13.4. The molecule has 3 rings (SSSR count). The van der Waals surface area contributed by atoms with Crippen LogP contribution in [0.5, 0.6) is 0 Å². The van der Waals surface area contributed by atoms with Gasteiger partial charge in [-0.15, -0.1) is 0 Å². The molecule has 1 aromatic heterocycles. The number of carbonyl (C=O) groups excluding carboxylic acids is 1. The highest BCUT2D eigenvalue weighted by Crippen LogP contribution is 2.32. The summed E-state index contributed by atoms with van der Waals surface area (Å²) in [6, 6.07) is 7.39. The summed E-state index contributed by atoms with van der Waals surface area (Å²) in [5, 5.41) is 11.1. The van der Waals surface area contributed by atoms with E-state index < -0.39 is 22.4 Å². The summed E-state index contributed by atoms with van der Waals surface area (Å²) in [4.78, 5) is 27.1. The number of nitro groups is 1. The molecule has 0 radical (unpaired) electrons. The second kappa shape index (κ2) is 7.50. The topological polar surface area (TPSA) is 78.0 Å². The van der Waals surface area contributed by atoms with Crippen LogP contribution in [0.25, 0.3) is 5.69 Å². The molecule has 0 saturated heterocycles. The molecule has 0 fully saturated rings. The highest BCUT2D eigenvalue weighted by molar-refractivity contribution is 5.98. The molecule has 150 valence electrons. The van der Waals surface area contributed by atoms with Crippen molar-refractivity contribution in [3.63, 3.8) is 0 Å². The van der Waals surface area contributed by atoms with Gasteiger partial charge in [-0.2, -0.15) is 13.2 Å². The average molecular weight is 403 g/mol. The van der Waals surface area contributed by atoms with Crippen molar-refractivity contribution in [3.05, 3.63) is 87.0 Å². The van der Waals surface area contributed by atoms with E-state index in [1.54, 1.807) is 13.8 Å². The summed E-state index contributed by atoms with van der Waals surface area (Å²) in [6.45, 7) is 3.19. The van der Waals surface area contributed by atoms with Crippen molar-refractivity contribution < 1.29 is 22.9 Å². The number of rotatable bonds is 5. The van der Waals surface area contributed by atoms with Gasteiger partial charge in [-0.3, -0.25) is 14.9 Å². The van der Waals surface area contributed by atoms with Crippen LogP contribution in [0.15, 0.2) is 48.8 Å². The molecule has 0 amide bonds. The molecule has 0 spiro atoms. The summed E-state index contributed by atoms with van der Waals surface area (Å²) in [5.74, 6) is -0.0171. The number of Topliss-reactive ketones (excluding diaryl/α,β-unsaturated/α-hetero) is 1. The average Bonchev–Trinajstić information content (AvgIpc) is 3.06. The Labute approximate surface area is 163 Å². The smallest absolute Gasteiger partial charge is 0.304 e. The fourth-order valence-corrected chi connectivity index (χ4v) is 3.00. The highest BCUT2D eigenvalue weighted by atomic mass is 19.4. The van der Waals surface area contributed by atoms with Crippen molar-refractivity contribution in [2.75, 3.05) is 0 Å². The quantitative estimate of drug-likeness (QED) is 0.347. The number of halogens is 3. The van der Waals surface area contributed by atoms with Crippen molar-refractivity contribution in [2.24, 2.45) is 0 Å². The van der Waals surface area contributed by atoms with E-state index in [1.165, 1.54) is 35.2 Å². The van der Waals surface area contributed by atoms with Crippen LogP contribution < -0.4 is 0 Å². The van der Waals surface area contributed by atoms with Crippen LogP contribution in [0.1, 0.15) is 32.9 Å². The Kier molecular flexibility index (Phi) is 5.23. The van der Waals surface area contributed by atoms with Gasteiger partial charge in [0, 0.05) is 41.7 Å². The third kappa shape index (κ3) is 4.34. The lowest BCUT2D eigenvalue weighted by atomic mass is 9.99. The van der Waals surface area contributed by atoms with Crippen LogP contribution in [-0.4, -0.2) is 20.3 Å². The predicted molar refractivity (Wildman–Crippen MR) is 99.2 cm³/mol. The summed E-state index contributed by atoms with van der Waals surface area (Å²) in [7, 11) is 0. The molecular weight excluding hydrogens is 387 g/mol. The lowest BCUT2D eigenvalue weighted by molar-refractivity contribution is -0.385. The predicted octanol–water partition coefficient (Wildman–Crippen LogP) is 4.84. The van der Waals surface area contributed by atoms with Gasteiger partial charge < -0.3 is 4.57 Å². The highest BCUT2D eigenvalue weighted by Gasteiger charge is 2.31. The Hall–Kier alpha value is -3.49. The summed E-state index contributed by atoms with van der Waals surface area (Å²) < 4.78 is 41.5. The number of nitrogens with zero attached hydrogens (tertiary/aromatic N) is 3. The number of hydrogen-bond acceptors (Lipinski definition) is 4. The maximum absolute atomic E-state index is 13.4. The van der Waals surface area contributed by atoms with Crippen LogP contribution in [0.3, 0.4) is 0 Å². The molecule has 0 aliphatic rings. The van der Waals surface area contributed by atoms with Crippen LogP contribution >= 0.6 is 0 Å². The summed E-state index contributed by atoms with van der Waals surface area (Å²) in [5.41, 5.74) is -0.261. The molecule has 29 heavy (non-hydrogen) atoms. The molecule has 0 bridgehead atoms. The fourth-order valence-electron chi connectivity index (χ4n) is 3.00. The van der Waals surface area contributed by atoms with Gasteiger partial charge in [0.25, 0.3) is 5.69 Å². The standard InChI is InChI=1S/C20H16F3N3O3/c1-12-3-4-15(10-18(12)26(28)29)19(27)9-14-7-16(20(21,22)23)11-17(8-14)25-6-5-24-13(25)2/h3-8,10-11H,9H2,1-2H3. The fraction of sp³-hybridized carbons (Fsp3) is 0.200. The van der Waals surface area contributed by atoms with Crippen LogP contribution in [0.4, 0.5) is 18.9 Å². The molecule has 6 nitrogen and oxygen atoms in total. The second-order valence-corrected chi connectivity index (χ2v) is 6.59. The van der Waals surface area contributed by atoms with Crippen molar-refractivity contribution in [1.29, 1.82) is 0 Å². The zero-order chi connectivity index (χ0) is 21.3. The lowest BCUT2D eigenvalue weighted by Gasteiger charge is -2.13. The molecule has 1 heterocycles. The SMILES string of the molecule is Cc1ccc(C(=O)Cc2cc(-n3ccnc3C)cc(C(F)(F)F)c2)cc1[N+](=O)[O-]. The van der Waals surface area contributed by atoms with E-state index in [0.29, 0.717) is 11.4 Å². The third-order valence-electron chi connectivity index (χ3n) is 4.50. The molecule has 0 aliphatic heterocycles. The largest absolute Gasteiger partial charge is 0.416 e. The van der Waals surface area contributed by atoms with Gasteiger partial charge in [-0.05, 0) is 37.6 Å². The minimum absolute atomic E-state index is 0.0695. The molecule has 0 unspecified atom stereocenters. The molecule has 0 N–H and O–H groups in total. The van der Waals surface area contributed by atoms with Crippen molar-refractivity contribution in [3.8, 4) is 5.69 Å². The van der Waals surface area contributed by atoms with E-state index in [0.717, 1.165) is 18.2 Å². The number of hydrogen-bond donors (Lipinski definition) is 0. The van der Waals surface area contributed by atoms with Crippen molar-refractivity contribution >= 4 is 11.5 Å². The first kappa shape index (κ1) is 20.2. The molecule has 0 aliphatic carbocycles. The number of alkyl halides is 3. The molecule has 0 atom stereocenters. The normalized spacial score (nSPS) is 11.5. The number of aryl methyl sites for hydroxylation is 2. The minimum Gasteiger partial charge on any atom is -0.304 e. The van der Waals surface area contributed by atoms with E-state index in [2.05, 4.69) is 4.98 Å². The maximum Gasteiger partial charge on any atom is 0.416 e. The first-order valence-corrected chi connectivity index (χ1v) is 8.56. The zero-order valence-corrected chi connectivity index (χ0v) is 15.5. The Morgan fingerprint density at radius 2 is 1.90 bits per heavy atom. The minimum atomic E-state index is -4.59. The van der Waals surface area contributed by atoms with E-state index in [4.69, 9.17) is 0 Å². The van der Waals surface area contributed by atoms with Gasteiger partial charge in [0.05, 0.1) is 10.5 Å². The number of benzene rings is 2. The second-order valence-electron chi connectivity index (χ2n) is 6.59. The van der Waals surface area contributed by atoms with Crippen molar-refractivity contribution in [1.82, 2.24) is 9.55 Å². The van der Waals surface area contributed by atoms with Gasteiger partial charge >= 0.3 is 6.18 Å². The van der Waals surface area contributed by atoms with Gasteiger partial charge in [0.15, 0.2) is 5.78 Å². The van der Waals surface area contributed by atoms with E-state index in [9.17, 15) is 28.1 Å².